The maximum atomic E-state index is 14.4. The van der Waals surface area contributed by atoms with Gasteiger partial charge in [-0.1, -0.05) is 23.7 Å². The highest BCUT2D eigenvalue weighted by Gasteiger charge is 2.48. The lowest BCUT2D eigenvalue weighted by atomic mass is 9.81. The van der Waals surface area contributed by atoms with Crippen LogP contribution in [0.4, 0.5) is 9.18 Å². The van der Waals surface area contributed by atoms with Crippen LogP contribution in [0.5, 0.6) is 0 Å². The first kappa shape index (κ1) is 22.1. The molecule has 2 heterocycles. The molecule has 2 fully saturated rings. The van der Waals surface area contributed by atoms with Crippen LogP contribution in [0, 0.1) is 17.7 Å². The third-order valence-corrected chi connectivity index (χ3v) is 7.89. The van der Waals surface area contributed by atoms with Gasteiger partial charge < -0.3 is 10.2 Å². The van der Waals surface area contributed by atoms with E-state index in [0.717, 1.165) is 25.7 Å². The van der Waals surface area contributed by atoms with Crippen molar-refractivity contribution in [1.29, 1.82) is 0 Å². The average Bonchev–Trinajstić information content (AvgIpc) is 3.26. The third-order valence-electron chi connectivity index (χ3n) is 6.45. The Bertz CT molecular complexity index is 899. The molecular weight excluding hydrogens is 441 g/mol. The number of fused-ring (bicyclic) bond motifs is 1. The molecule has 1 N–H and O–H groups in total. The third kappa shape index (κ3) is 4.32. The zero-order chi connectivity index (χ0) is 22.1. The Morgan fingerprint density at radius 2 is 2.00 bits per heavy atom. The molecule has 4 rings (SSSR count). The number of imide groups is 1. The van der Waals surface area contributed by atoms with E-state index in [1.165, 1.54) is 28.8 Å². The number of carbonyl (C=O) groups excluding carboxylic acids is 3. The Labute approximate surface area is 190 Å². The number of benzene rings is 1. The Balaban J connectivity index is 1.51. The normalized spacial score (nSPS) is 28.1. The van der Waals surface area contributed by atoms with Crippen molar-refractivity contribution in [3.05, 3.63) is 46.1 Å². The molecule has 166 valence electrons. The van der Waals surface area contributed by atoms with E-state index < -0.39 is 23.1 Å². The zero-order valence-electron chi connectivity index (χ0n) is 17.2. The number of hydrogen-bond acceptors (Lipinski definition) is 4. The Morgan fingerprint density at radius 1 is 1.26 bits per heavy atom. The number of thioether (sulfide) groups is 1. The molecule has 0 spiro atoms. The summed E-state index contributed by atoms with van der Waals surface area (Å²) in [6, 6.07) is 3.62. The summed E-state index contributed by atoms with van der Waals surface area (Å²) in [6.45, 7) is 0.326. The van der Waals surface area contributed by atoms with Gasteiger partial charge in [-0.15, -0.1) is 11.8 Å². The minimum absolute atomic E-state index is 0.00357. The molecule has 1 saturated heterocycles. The van der Waals surface area contributed by atoms with Gasteiger partial charge in [0.05, 0.1) is 12.6 Å². The highest BCUT2D eigenvalue weighted by atomic mass is 35.5. The smallest absolute Gasteiger partial charge is 0.327 e. The molecule has 1 aromatic carbocycles. The Morgan fingerprint density at radius 3 is 2.68 bits per heavy atom. The van der Waals surface area contributed by atoms with E-state index in [1.807, 2.05) is 11.5 Å². The first-order chi connectivity index (χ1) is 14.9. The number of halogens is 2. The summed E-state index contributed by atoms with van der Waals surface area (Å²) < 4.78 is 14.4. The minimum Gasteiger partial charge on any atom is -0.359 e. The standard InChI is InChI=1S/C22H25ClFN3O3S/c1-25-20(28)14-7-5-13(6-8-14)11-27-21(29)19-18(9-10-31-19)26(22(27)30)12-15-16(23)3-2-4-17(15)24/h2-4,9-10,13-14,18-19H,5-8,11-12H2,1H3,(H,25,28). The van der Waals surface area contributed by atoms with E-state index in [2.05, 4.69) is 5.32 Å². The molecule has 1 aliphatic carbocycles. The summed E-state index contributed by atoms with van der Waals surface area (Å²) in [7, 11) is 1.64. The van der Waals surface area contributed by atoms with Gasteiger partial charge in [-0.25, -0.2) is 9.18 Å². The van der Waals surface area contributed by atoms with E-state index in [4.69, 9.17) is 11.6 Å². The lowest BCUT2D eigenvalue weighted by Gasteiger charge is -2.43. The summed E-state index contributed by atoms with van der Waals surface area (Å²) in [5.74, 6) is -0.471. The fourth-order valence-electron chi connectivity index (χ4n) is 4.66. The van der Waals surface area contributed by atoms with Crippen LogP contribution in [-0.4, -0.2) is 52.5 Å². The first-order valence-electron chi connectivity index (χ1n) is 10.5. The fourth-order valence-corrected chi connectivity index (χ4v) is 5.94. The monoisotopic (exact) mass is 465 g/mol. The van der Waals surface area contributed by atoms with E-state index in [-0.39, 0.29) is 40.8 Å². The van der Waals surface area contributed by atoms with Gasteiger partial charge in [-0.05, 0) is 49.1 Å². The van der Waals surface area contributed by atoms with Crippen molar-refractivity contribution in [2.45, 2.75) is 43.5 Å². The fraction of sp³-hybridized carbons (Fsp3) is 0.500. The molecule has 2 unspecified atom stereocenters. The minimum atomic E-state index is -0.470. The van der Waals surface area contributed by atoms with Crippen LogP contribution in [0.1, 0.15) is 31.2 Å². The van der Waals surface area contributed by atoms with Crippen LogP contribution in [0.2, 0.25) is 5.02 Å². The maximum absolute atomic E-state index is 14.4. The summed E-state index contributed by atoms with van der Waals surface area (Å²) in [5.41, 5.74) is 0.252. The second-order valence-electron chi connectivity index (χ2n) is 8.27. The average molecular weight is 466 g/mol. The quantitative estimate of drug-likeness (QED) is 0.718. The molecule has 3 aliphatic rings. The number of hydrogen-bond donors (Lipinski definition) is 1. The zero-order valence-corrected chi connectivity index (χ0v) is 18.8. The van der Waals surface area contributed by atoms with E-state index >= 15 is 0 Å². The second kappa shape index (κ2) is 9.20. The Kier molecular flexibility index (Phi) is 6.57. The summed E-state index contributed by atoms with van der Waals surface area (Å²) in [4.78, 5) is 41.2. The van der Waals surface area contributed by atoms with Crippen LogP contribution in [0.3, 0.4) is 0 Å². The molecule has 0 radical (unpaired) electrons. The molecule has 1 aromatic rings. The van der Waals surface area contributed by atoms with Crippen LogP contribution in [0.15, 0.2) is 29.7 Å². The van der Waals surface area contributed by atoms with Gasteiger partial charge in [0.25, 0.3) is 0 Å². The molecule has 2 atom stereocenters. The number of urea groups is 1. The summed E-state index contributed by atoms with van der Waals surface area (Å²) >= 11 is 7.58. The van der Waals surface area contributed by atoms with Crippen LogP contribution < -0.4 is 5.32 Å². The highest BCUT2D eigenvalue weighted by molar-refractivity contribution is 8.03. The van der Waals surface area contributed by atoms with Crippen molar-refractivity contribution in [1.82, 2.24) is 15.1 Å². The number of rotatable bonds is 5. The van der Waals surface area contributed by atoms with Crippen molar-refractivity contribution in [3.63, 3.8) is 0 Å². The lowest BCUT2D eigenvalue weighted by Crippen LogP contribution is -2.62. The van der Waals surface area contributed by atoms with Gasteiger partial charge in [0, 0.05) is 30.1 Å². The van der Waals surface area contributed by atoms with Gasteiger partial charge in [0.15, 0.2) is 0 Å². The maximum Gasteiger partial charge on any atom is 0.327 e. The molecule has 6 nitrogen and oxygen atoms in total. The molecule has 31 heavy (non-hydrogen) atoms. The van der Waals surface area contributed by atoms with Crippen LogP contribution in [0.25, 0.3) is 0 Å². The van der Waals surface area contributed by atoms with Crippen LogP contribution in [-0.2, 0) is 16.1 Å². The summed E-state index contributed by atoms with van der Waals surface area (Å²) in [5, 5.41) is 4.35. The van der Waals surface area contributed by atoms with Gasteiger partial charge >= 0.3 is 6.03 Å². The predicted molar refractivity (Wildman–Crippen MR) is 118 cm³/mol. The molecule has 4 amide bonds. The predicted octanol–water partition coefficient (Wildman–Crippen LogP) is 3.79. The topological polar surface area (TPSA) is 69.7 Å². The van der Waals surface area contributed by atoms with Gasteiger partial charge in [-0.3, -0.25) is 14.5 Å². The number of amides is 4. The molecule has 0 bridgehead atoms. The van der Waals surface area contributed by atoms with Gasteiger partial charge in [-0.2, -0.15) is 0 Å². The van der Waals surface area contributed by atoms with Gasteiger partial charge in [0.2, 0.25) is 11.8 Å². The van der Waals surface area contributed by atoms with Crippen LogP contribution >= 0.6 is 23.4 Å². The number of nitrogens with zero attached hydrogens (tertiary/aromatic N) is 2. The first-order valence-corrected chi connectivity index (χ1v) is 11.8. The van der Waals surface area contributed by atoms with Crippen molar-refractivity contribution in [3.8, 4) is 0 Å². The second-order valence-corrected chi connectivity index (χ2v) is 9.73. The largest absolute Gasteiger partial charge is 0.359 e. The summed E-state index contributed by atoms with van der Waals surface area (Å²) in [6.07, 6.45) is 4.89. The van der Waals surface area contributed by atoms with Gasteiger partial charge in [0.1, 0.15) is 11.1 Å². The highest BCUT2D eigenvalue weighted by Crippen LogP contribution is 2.38. The molecule has 1 saturated carbocycles. The van der Waals surface area contributed by atoms with E-state index in [1.54, 1.807) is 18.0 Å². The molecule has 2 aliphatic heterocycles. The SMILES string of the molecule is CNC(=O)C1CCC(CN2C(=O)C3SC=CC3N(Cc3c(F)cccc3Cl)C2=O)CC1. The van der Waals surface area contributed by atoms with Crippen molar-refractivity contribution in [2.24, 2.45) is 11.8 Å². The molecular formula is C22H25ClFN3O3S. The van der Waals surface area contributed by atoms with Crippen molar-refractivity contribution < 1.29 is 18.8 Å². The van der Waals surface area contributed by atoms with Crippen molar-refractivity contribution in [2.75, 3.05) is 13.6 Å². The number of nitrogens with one attached hydrogen (secondary N) is 1. The lowest BCUT2D eigenvalue weighted by molar-refractivity contribution is -0.132. The number of carbonyl (C=O) groups is 3. The van der Waals surface area contributed by atoms with E-state index in [9.17, 15) is 18.8 Å². The molecule has 0 aromatic heterocycles. The van der Waals surface area contributed by atoms with E-state index in [0.29, 0.717) is 6.54 Å². The molecule has 9 heteroatoms. The Hall–Kier alpha value is -2.06. The van der Waals surface area contributed by atoms with Crippen molar-refractivity contribution >= 4 is 41.2 Å².